The van der Waals surface area contributed by atoms with Crippen LogP contribution in [0.1, 0.15) is 57.4 Å². The van der Waals surface area contributed by atoms with Gasteiger partial charge in [0.1, 0.15) is 0 Å². The maximum absolute atomic E-state index is 12.6. The molecule has 1 N–H and O–H groups in total. The fourth-order valence-corrected chi connectivity index (χ4v) is 3.33. The van der Waals surface area contributed by atoms with Crippen molar-refractivity contribution in [3.05, 3.63) is 29.8 Å². The van der Waals surface area contributed by atoms with E-state index >= 15 is 0 Å². The van der Waals surface area contributed by atoms with Gasteiger partial charge in [-0.1, -0.05) is 44.2 Å². The summed E-state index contributed by atoms with van der Waals surface area (Å²) in [6.07, 6.45) is 8.46. The Hall–Kier alpha value is -2.04. The Morgan fingerprint density at radius 1 is 1.08 bits per heavy atom. The van der Waals surface area contributed by atoms with Crippen LogP contribution in [0.3, 0.4) is 0 Å². The van der Waals surface area contributed by atoms with Crippen LogP contribution in [0.15, 0.2) is 24.3 Å². The summed E-state index contributed by atoms with van der Waals surface area (Å²) < 4.78 is 0. The monoisotopic (exact) mass is 345 g/mol. The summed E-state index contributed by atoms with van der Waals surface area (Å²) in [5.74, 6) is 0.0263. The quantitative estimate of drug-likeness (QED) is 0.887. The number of nitrogens with zero attached hydrogens (tertiary/aromatic N) is 2. The number of anilines is 1. The molecule has 5 nitrogen and oxygen atoms in total. The summed E-state index contributed by atoms with van der Waals surface area (Å²) in [5.41, 5.74) is 1.78. The van der Waals surface area contributed by atoms with E-state index in [1.54, 1.807) is 18.9 Å². The van der Waals surface area contributed by atoms with Gasteiger partial charge in [0.05, 0.1) is 0 Å². The number of hydrogen-bond donors (Lipinski definition) is 1. The van der Waals surface area contributed by atoms with Crippen molar-refractivity contribution in [2.45, 2.75) is 64.5 Å². The molecule has 0 bridgehead atoms. The molecule has 3 amide bonds. The largest absolute Gasteiger partial charge is 0.342 e. The lowest BCUT2D eigenvalue weighted by Gasteiger charge is -2.30. The second-order valence-electron chi connectivity index (χ2n) is 7.12. The van der Waals surface area contributed by atoms with Gasteiger partial charge in [0, 0.05) is 39.3 Å². The molecule has 0 saturated heterocycles. The molecule has 2 rings (SSSR count). The molecule has 0 heterocycles. The molecular weight excluding hydrogens is 314 g/mol. The molecule has 0 aliphatic heterocycles. The molecule has 0 aromatic heterocycles. The average Bonchev–Trinajstić information content (AvgIpc) is 2.54. The molecular formula is C20H31N3O2. The van der Waals surface area contributed by atoms with Crippen molar-refractivity contribution in [2.75, 3.05) is 19.4 Å². The van der Waals surface area contributed by atoms with Crippen LogP contribution in [0.2, 0.25) is 0 Å². The first kappa shape index (κ1) is 19.3. The molecule has 0 atom stereocenters. The predicted octanol–water partition coefficient (Wildman–Crippen LogP) is 4.24. The number of benzene rings is 1. The molecule has 1 aromatic carbocycles. The third kappa shape index (κ3) is 6.07. The molecule has 0 spiro atoms. The summed E-state index contributed by atoms with van der Waals surface area (Å²) in [6, 6.07) is 7.97. The lowest BCUT2D eigenvalue weighted by molar-refractivity contribution is -0.128. The van der Waals surface area contributed by atoms with Gasteiger partial charge in [-0.05, 0) is 30.5 Å². The van der Waals surface area contributed by atoms with E-state index in [0.717, 1.165) is 24.1 Å². The van der Waals surface area contributed by atoms with E-state index in [-0.39, 0.29) is 11.9 Å². The topological polar surface area (TPSA) is 52.7 Å². The number of hydrogen-bond acceptors (Lipinski definition) is 2. The maximum Gasteiger partial charge on any atom is 0.321 e. The van der Waals surface area contributed by atoms with Crippen LogP contribution in [0.4, 0.5) is 10.5 Å². The number of amides is 3. The first-order valence-electron chi connectivity index (χ1n) is 9.32. The second kappa shape index (κ2) is 9.44. The van der Waals surface area contributed by atoms with Gasteiger partial charge in [-0.3, -0.25) is 4.79 Å². The zero-order valence-electron chi connectivity index (χ0n) is 15.8. The number of carbonyl (C=O) groups is 2. The maximum atomic E-state index is 12.6. The minimum Gasteiger partial charge on any atom is -0.342 e. The standard InChI is InChI=1S/C20H31N3O2/c1-16(24)22(2)15-17-10-9-11-18(14-17)21-20(25)23(3)19-12-7-5-4-6-8-13-19/h9-11,14,19H,4-8,12-13,15H2,1-3H3,(H,21,25). The van der Waals surface area contributed by atoms with Crippen LogP contribution in [-0.2, 0) is 11.3 Å². The SMILES string of the molecule is CC(=O)N(C)Cc1cccc(NC(=O)N(C)C2CCCCCCC2)c1. The molecule has 1 aromatic rings. The normalized spacial score (nSPS) is 15.8. The Kier molecular flexibility index (Phi) is 7.29. The van der Waals surface area contributed by atoms with Crippen LogP contribution in [-0.4, -0.2) is 41.9 Å². The third-order valence-corrected chi connectivity index (χ3v) is 5.08. The third-order valence-electron chi connectivity index (χ3n) is 5.08. The molecule has 0 unspecified atom stereocenters. The highest BCUT2D eigenvalue weighted by Crippen LogP contribution is 2.21. The number of urea groups is 1. The molecule has 1 aliphatic carbocycles. The Labute approximate surface area is 151 Å². The van der Waals surface area contributed by atoms with Crippen LogP contribution in [0.5, 0.6) is 0 Å². The minimum atomic E-state index is -0.0531. The molecule has 25 heavy (non-hydrogen) atoms. The summed E-state index contributed by atoms with van der Waals surface area (Å²) in [7, 11) is 3.67. The summed E-state index contributed by atoms with van der Waals surface area (Å²) >= 11 is 0. The molecule has 5 heteroatoms. The molecule has 0 radical (unpaired) electrons. The lowest BCUT2D eigenvalue weighted by atomic mass is 9.96. The zero-order valence-corrected chi connectivity index (χ0v) is 15.8. The molecule has 138 valence electrons. The van der Waals surface area contributed by atoms with Crippen molar-refractivity contribution in [3.63, 3.8) is 0 Å². The average molecular weight is 345 g/mol. The van der Waals surface area contributed by atoms with Crippen molar-refractivity contribution in [3.8, 4) is 0 Å². The van der Waals surface area contributed by atoms with Crippen LogP contribution in [0.25, 0.3) is 0 Å². The van der Waals surface area contributed by atoms with Crippen LogP contribution < -0.4 is 5.32 Å². The van der Waals surface area contributed by atoms with Gasteiger partial charge < -0.3 is 15.1 Å². The van der Waals surface area contributed by atoms with Gasteiger partial charge in [-0.25, -0.2) is 4.79 Å². The summed E-state index contributed by atoms with van der Waals surface area (Å²) in [4.78, 5) is 27.5. The van der Waals surface area contributed by atoms with E-state index in [1.165, 1.54) is 32.1 Å². The Balaban J connectivity index is 1.95. The highest BCUT2D eigenvalue weighted by atomic mass is 16.2. The fraction of sp³-hybridized carbons (Fsp3) is 0.600. The highest BCUT2D eigenvalue weighted by molar-refractivity contribution is 5.89. The van der Waals surface area contributed by atoms with E-state index in [9.17, 15) is 9.59 Å². The second-order valence-corrected chi connectivity index (χ2v) is 7.12. The molecule has 1 fully saturated rings. The Bertz CT molecular complexity index is 580. The van der Waals surface area contributed by atoms with E-state index in [2.05, 4.69) is 5.32 Å². The van der Waals surface area contributed by atoms with Gasteiger partial charge in [0.25, 0.3) is 0 Å². The Morgan fingerprint density at radius 3 is 2.36 bits per heavy atom. The van der Waals surface area contributed by atoms with Crippen LogP contribution >= 0.6 is 0 Å². The van der Waals surface area contributed by atoms with Crippen molar-refractivity contribution in [1.29, 1.82) is 0 Å². The van der Waals surface area contributed by atoms with Gasteiger partial charge in [0.2, 0.25) is 5.91 Å². The Morgan fingerprint density at radius 2 is 1.72 bits per heavy atom. The van der Waals surface area contributed by atoms with Crippen molar-refractivity contribution >= 4 is 17.6 Å². The highest BCUT2D eigenvalue weighted by Gasteiger charge is 2.20. The zero-order chi connectivity index (χ0) is 18.2. The summed E-state index contributed by atoms with van der Waals surface area (Å²) in [6.45, 7) is 2.09. The number of rotatable bonds is 4. The van der Waals surface area contributed by atoms with Crippen molar-refractivity contribution in [2.24, 2.45) is 0 Å². The smallest absolute Gasteiger partial charge is 0.321 e. The van der Waals surface area contributed by atoms with Crippen molar-refractivity contribution < 1.29 is 9.59 Å². The lowest BCUT2D eigenvalue weighted by Crippen LogP contribution is -2.40. The number of nitrogens with one attached hydrogen (secondary N) is 1. The molecule has 1 saturated carbocycles. The van der Waals surface area contributed by atoms with E-state index in [1.807, 2.05) is 36.2 Å². The van der Waals surface area contributed by atoms with E-state index < -0.39 is 0 Å². The van der Waals surface area contributed by atoms with Gasteiger partial charge in [-0.2, -0.15) is 0 Å². The first-order valence-corrected chi connectivity index (χ1v) is 9.32. The van der Waals surface area contributed by atoms with E-state index in [4.69, 9.17) is 0 Å². The summed E-state index contributed by atoms with van der Waals surface area (Å²) in [5, 5.41) is 3.00. The van der Waals surface area contributed by atoms with Gasteiger partial charge in [-0.15, -0.1) is 0 Å². The first-order chi connectivity index (χ1) is 12.0. The van der Waals surface area contributed by atoms with Gasteiger partial charge in [0.15, 0.2) is 0 Å². The predicted molar refractivity (Wildman–Crippen MR) is 101 cm³/mol. The molecule has 1 aliphatic rings. The number of carbonyl (C=O) groups excluding carboxylic acids is 2. The minimum absolute atomic E-state index is 0.0263. The fourth-order valence-electron chi connectivity index (χ4n) is 3.33. The van der Waals surface area contributed by atoms with Crippen molar-refractivity contribution in [1.82, 2.24) is 9.80 Å². The van der Waals surface area contributed by atoms with Gasteiger partial charge >= 0.3 is 6.03 Å². The van der Waals surface area contributed by atoms with E-state index in [0.29, 0.717) is 12.6 Å². The van der Waals surface area contributed by atoms with Crippen LogP contribution in [0, 0.1) is 0 Å².